The Balaban J connectivity index is 1.92. The van der Waals surface area contributed by atoms with E-state index in [0.29, 0.717) is 0 Å². The summed E-state index contributed by atoms with van der Waals surface area (Å²) in [6.07, 6.45) is 1.39. The average Bonchev–Trinajstić information content (AvgIpc) is 2.61. The molecule has 2 atom stereocenters. The molecule has 0 amide bonds. The number of thiophene rings is 1. The summed E-state index contributed by atoms with van der Waals surface area (Å²) in [6, 6.07) is 4.40. The van der Waals surface area contributed by atoms with Crippen LogP contribution in [-0.2, 0) is 0 Å². The lowest BCUT2D eigenvalue weighted by Gasteiger charge is -1.94. The predicted molar refractivity (Wildman–Crippen MR) is 49.1 cm³/mol. The molecule has 2 unspecified atom stereocenters. The van der Waals surface area contributed by atoms with Crippen LogP contribution in [-0.4, -0.2) is 13.6 Å². The van der Waals surface area contributed by atoms with Crippen LogP contribution in [0, 0.1) is 5.92 Å². The molecule has 1 fully saturated rings. The zero-order valence-electron chi connectivity index (χ0n) is 6.71. The molecule has 1 heterocycles. The van der Waals surface area contributed by atoms with E-state index in [0.717, 1.165) is 11.8 Å². The zero-order valence-corrected chi connectivity index (χ0v) is 7.53. The highest BCUT2D eigenvalue weighted by Crippen LogP contribution is 2.48. The second kappa shape index (κ2) is 2.95. The molecule has 1 aliphatic carbocycles. The standard InChI is InChI=1S/C9H13NS/c1-10-6-7-5-8(7)9-3-2-4-11-9/h2-4,7-8,10H,5-6H2,1H3. The molecule has 60 valence electrons. The average molecular weight is 167 g/mol. The monoisotopic (exact) mass is 167 g/mol. The van der Waals surface area contributed by atoms with E-state index in [9.17, 15) is 0 Å². The third-order valence-electron chi connectivity index (χ3n) is 2.30. The van der Waals surface area contributed by atoms with Gasteiger partial charge in [0.05, 0.1) is 0 Å². The topological polar surface area (TPSA) is 12.0 Å². The first-order valence-corrected chi connectivity index (χ1v) is 4.98. The molecular weight excluding hydrogens is 154 g/mol. The lowest BCUT2D eigenvalue weighted by atomic mass is 10.3. The molecule has 2 rings (SSSR count). The first-order valence-electron chi connectivity index (χ1n) is 4.10. The van der Waals surface area contributed by atoms with Gasteiger partial charge in [0.2, 0.25) is 0 Å². The third-order valence-corrected chi connectivity index (χ3v) is 3.30. The van der Waals surface area contributed by atoms with E-state index in [2.05, 4.69) is 22.8 Å². The molecule has 0 aromatic carbocycles. The van der Waals surface area contributed by atoms with Crippen LogP contribution in [0.3, 0.4) is 0 Å². The summed E-state index contributed by atoms with van der Waals surface area (Å²) < 4.78 is 0. The number of hydrogen-bond acceptors (Lipinski definition) is 2. The van der Waals surface area contributed by atoms with E-state index in [4.69, 9.17) is 0 Å². The summed E-state index contributed by atoms with van der Waals surface area (Å²) in [5, 5.41) is 5.40. The molecule has 0 saturated heterocycles. The normalized spacial score (nSPS) is 28.8. The van der Waals surface area contributed by atoms with Crippen molar-refractivity contribution in [3.05, 3.63) is 22.4 Å². The summed E-state index contributed by atoms with van der Waals surface area (Å²) in [5.41, 5.74) is 0. The van der Waals surface area contributed by atoms with Crippen LogP contribution in [0.4, 0.5) is 0 Å². The molecule has 1 aromatic rings. The Kier molecular flexibility index (Phi) is 1.96. The maximum absolute atomic E-state index is 3.23. The maximum Gasteiger partial charge on any atom is 0.00795 e. The summed E-state index contributed by atoms with van der Waals surface area (Å²) in [5.74, 6) is 1.79. The minimum Gasteiger partial charge on any atom is -0.319 e. The smallest absolute Gasteiger partial charge is 0.00795 e. The number of nitrogens with one attached hydrogen (secondary N) is 1. The highest BCUT2D eigenvalue weighted by atomic mass is 32.1. The fourth-order valence-electron chi connectivity index (χ4n) is 1.59. The van der Waals surface area contributed by atoms with Gasteiger partial charge in [-0.1, -0.05) is 6.07 Å². The van der Waals surface area contributed by atoms with Crippen molar-refractivity contribution in [3.63, 3.8) is 0 Å². The van der Waals surface area contributed by atoms with Crippen molar-refractivity contribution in [1.82, 2.24) is 5.32 Å². The highest BCUT2D eigenvalue weighted by Gasteiger charge is 2.37. The first-order chi connectivity index (χ1) is 5.42. The van der Waals surface area contributed by atoms with E-state index in [1.807, 2.05) is 18.4 Å². The molecule has 1 aliphatic rings. The molecule has 0 spiro atoms. The Morgan fingerprint density at radius 2 is 2.64 bits per heavy atom. The van der Waals surface area contributed by atoms with Crippen LogP contribution in [0.1, 0.15) is 17.2 Å². The van der Waals surface area contributed by atoms with Gasteiger partial charge >= 0.3 is 0 Å². The van der Waals surface area contributed by atoms with E-state index in [-0.39, 0.29) is 0 Å². The van der Waals surface area contributed by atoms with Crippen molar-refractivity contribution in [2.75, 3.05) is 13.6 Å². The van der Waals surface area contributed by atoms with Gasteiger partial charge in [0.15, 0.2) is 0 Å². The Bertz CT molecular complexity index is 217. The summed E-state index contributed by atoms with van der Waals surface area (Å²) in [4.78, 5) is 1.57. The molecule has 2 heteroatoms. The van der Waals surface area contributed by atoms with Crippen molar-refractivity contribution < 1.29 is 0 Å². The molecule has 1 nitrogen and oxygen atoms in total. The van der Waals surface area contributed by atoms with Crippen LogP contribution in [0.2, 0.25) is 0 Å². The van der Waals surface area contributed by atoms with E-state index >= 15 is 0 Å². The zero-order chi connectivity index (χ0) is 7.68. The summed E-state index contributed by atoms with van der Waals surface area (Å²) in [6.45, 7) is 1.18. The van der Waals surface area contributed by atoms with E-state index < -0.39 is 0 Å². The Hall–Kier alpha value is -0.340. The maximum atomic E-state index is 3.23. The molecule has 1 N–H and O–H groups in total. The van der Waals surface area contributed by atoms with Gasteiger partial charge < -0.3 is 5.32 Å². The summed E-state index contributed by atoms with van der Waals surface area (Å²) >= 11 is 1.90. The van der Waals surface area contributed by atoms with Gasteiger partial charge in [-0.25, -0.2) is 0 Å². The minimum absolute atomic E-state index is 0.877. The highest BCUT2D eigenvalue weighted by molar-refractivity contribution is 7.10. The van der Waals surface area contributed by atoms with Gasteiger partial charge in [-0.05, 0) is 43.3 Å². The minimum atomic E-state index is 0.877. The second-order valence-electron chi connectivity index (χ2n) is 3.18. The molecule has 0 radical (unpaired) electrons. The van der Waals surface area contributed by atoms with Gasteiger partial charge in [0, 0.05) is 4.88 Å². The quantitative estimate of drug-likeness (QED) is 0.726. The molecule has 1 aromatic heterocycles. The fraction of sp³-hybridized carbons (Fsp3) is 0.556. The Labute approximate surface area is 71.4 Å². The van der Waals surface area contributed by atoms with Gasteiger partial charge in [-0.15, -0.1) is 11.3 Å². The van der Waals surface area contributed by atoms with Crippen molar-refractivity contribution >= 4 is 11.3 Å². The van der Waals surface area contributed by atoms with Crippen molar-refractivity contribution in [3.8, 4) is 0 Å². The van der Waals surface area contributed by atoms with Crippen molar-refractivity contribution in [2.45, 2.75) is 12.3 Å². The van der Waals surface area contributed by atoms with E-state index in [1.54, 1.807) is 4.88 Å². The van der Waals surface area contributed by atoms with Crippen molar-refractivity contribution in [2.24, 2.45) is 5.92 Å². The molecule has 1 saturated carbocycles. The molecule has 0 bridgehead atoms. The third kappa shape index (κ3) is 1.47. The van der Waals surface area contributed by atoms with E-state index in [1.165, 1.54) is 13.0 Å². The molecule has 0 aliphatic heterocycles. The van der Waals surface area contributed by atoms with Crippen LogP contribution >= 0.6 is 11.3 Å². The van der Waals surface area contributed by atoms with Gasteiger partial charge in [0.1, 0.15) is 0 Å². The van der Waals surface area contributed by atoms with Crippen LogP contribution in [0.5, 0.6) is 0 Å². The predicted octanol–water partition coefficient (Wildman–Crippen LogP) is 2.07. The number of rotatable bonds is 3. The largest absolute Gasteiger partial charge is 0.319 e. The lowest BCUT2D eigenvalue weighted by Crippen LogP contribution is -2.09. The molecular formula is C9H13NS. The van der Waals surface area contributed by atoms with Crippen molar-refractivity contribution in [1.29, 1.82) is 0 Å². The van der Waals surface area contributed by atoms with Crippen LogP contribution in [0.25, 0.3) is 0 Å². The number of hydrogen-bond donors (Lipinski definition) is 1. The van der Waals surface area contributed by atoms with Gasteiger partial charge in [-0.3, -0.25) is 0 Å². The van der Waals surface area contributed by atoms with Crippen LogP contribution < -0.4 is 5.32 Å². The fourth-order valence-corrected chi connectivity index (χ4v) is 2.52. The van der Waals surface area contributed by atoms with Crippen LogP contribution in [0.15, 0.2) is 17.5 Å². The summed E-state index contributed by atoms with van der Waals surface area (Å²) in [7, 11) is 2.03. The SMILES string of the molecule is CNCC1CC1c1cccs1. The second-order valence-corrected chi connectivity index (χ2v) is 4.15. The lowest BCUT2D eigenvalue weighted by molar-refractivity contribution is 0.700. The Morgan fingerprint density at radius 3 is 3.27 bits per heavy atom. The molecule has 11 heavy (non-hydrogen) atoms. The van der Waals surface area contributed by atoms with Gasteiger partial charge in [0.25, 0.3) is 0 Å². The first kappa shape index (κ1) is 7.32. The Morgan fingerprint density at radius 1 is 1.73 bits per heavy atom. The van der Waals surface area contributed by atoms with Gasteiger partial charge in [-0.2, -0.15) is 0 Å².